The molecule has 0 radical (unpaired) electrons. The molecule has 22 heavy (non-hydrogen) atoms. The van der Waals surface area contributed by atoms with E-state index in [-0.39, 0.29) is 23.0 Å². The van der Waals surface area contributed by atoms with E-state index in [1.165, 1.54) is 29.7 Å². The fourth-order valence-electron chi connectivity index (χ4n) is 1.81. The molecule has 114 valence electrons. The Labute approximate surface area is 129 Å². The summed E-state index contributed by atoms with van der Waals surface area (Å²) in [6.07, 6.45) is 1.28. The molecule has 0 aliphatic carbocycles. The van der Waals surface area contributed by atoms with E-state index in [1.54, 1.807) is 12.1 Å². The molecule has 3 heterocycles. The molecular formula is C13H10N2O5S2. The van der Waals surface area contributed by atoms with Gasteiger partial charge < -0.3 is 9.52 Å². The monoisotopic (exact) mass is 338 g/mol. The molecule has 0 saturated carbocycles. The van der Waals surface area contributed by atoms with E-state index in [0.717, 1.165) is 10.2 Å². The zero-order valence-corrected chi connectivity index (χ0v) is 12.6. The van der Waals surface area contributed by atoms with Crippen LogP contribution < -0.4 is 4.72 Å². The Kier molecular flexibility index (Phi) is 3.69. The lowest BCUT2D eigenvalue weighted by molar-refractivity contribution is 0.0660. The SMILES string of the molecule is O=C(O)c1ccc(CNS(=O)(=O)c2cnc3ccsc3c2)o1. The average molecular weight is 338 g/mol. The largest absolute Gasteiger partial charge is 0.475 e. The fraction of sp³-hybridized carbons (Fsp3) is 0.0769. The summed E-state index contributed by atoms with van der Waals surface area (Å²) in [6, 6.07) is 6.03. The van der Waals surface area contributed by atoms with Crippen molar-refractivity contribution in [3.63, 3.8) is 0 Å². The van der Waals surface area contributed by atoms with Crippen LogP contribution in [0.1, 0.15) is 16.3 Å². The van der Waals surface area contributed by atoms with Gasteiger partial charge in [0.15, 0.2) is 0 Å². The second-order valence-electron chi connectivity index (χ2n) is 4.37. The first kappa shape index (κ1) is 14.7. The number of furan rings is 1. The van der Waals surface area contributed by atoms with Crippen LogP contribution in [-0.2, 0) is 16.6 Å². The van der Waals surface area contributed by atoms with Gasteiger partial charge in [-0.25, -0.2) is 17.9 Å². The Bertz CT molecular complexity index is 942. The highest BCUT2D eigenvalue weighted by molar-refractivity contribution is 7.89. The first-order valence-electron chi connectivity index (χ1n) is 6.11. The van der Waals surface area contributed by atoms with Gasteiger partial charge in [0.05, 0.1) is 16.8 Å². The van der Waals surface area contributed by atoms with Crippen LogP contribution in [0.15, 0.2) is 45.2 Å². The topological polar surface area (TPSA) is 110 Å². The molecule has 0 spiro atoms. The summed E-state index contributed by atoms with van der Waals surface area (Å²) in [4.78, 5) is 14.8. The van der Waals surface area contributed by atoms with Crippen LogP contribution in [0.3, 0.4) is 0 Å². The third-order valence-electron chi connectivity index (χ3n) is 2.90. The molecule has 3 aromatic rings. The van der Waals surface area contributed by atoms with E-state index >= 15 is 0 Å². The molecule has 7 nitrogen and oxygen atoms in total. The summed E-state index contributed by atoms with van der Waals surface area (Å²) in [7, 11) is -3.75. The van der Waals surface area contributed by atoms with Gasteiger partial charge in [0.25, 0.3) is 0 Å². The van der Waals surface area contributed by atoms with E-state index in [1.807, 2.05) is 5.38 Å². The number of carbonyl (C=O) groups is 1. The number of nitrogens with one attached hydrogen (secondary N) is 1. The molecule has 0 fully saturated rings. The molecule has 0 amide bonds. The van der Waals surface area contributed by atoms with Gasteiger partial charge in [-0.3, -0.25) is 4.98 Å². The zero-order valence-electron chi connectivity index (χ0n) is 11.0. The van der Waals surface area contributed by atoms with E-state index in [4.69, 9.17) is 9.52 Å². The number of aromatic nitrogens is 1. The minimum absolute atomic E-state index is 0.0486. The van der Waals surface area contributed by atoms with Crippen molar-refractivity contribution in [2.45, 2.75) is 11.4 Å². The summed E-state index contributed by atoms with van der Waals surface area (Å²) in [6.45, 7) is -0.141. The third-order valence-corrected chi connectivity index (χ3v) is 5.12. The second kappa shape index (κ2) is 5.52. The number of carboxylic acids is 1. The lowest BCUT2D eigenvalue weighted by atomic mass is 10.4. The maximum absolute atomic E-state index is 12.2. The highest BCUT2D eigenvalue weighted by Gasteiger charge is 2.17. The number of carboxylic acid groups (broad SMARTS) is 1. The van der Waals surface area contributed by atoms with Crippen molar-refractivity contribution in [2.24, 2.45) is 0 Å². The van der Waals surface area contributed by atoms with E-state index in [2.05, 4.69) is 9.71 Å². The van der Waals surface area contributed by atoms with E-state index in [0.29, 0.717) is 0 Å². The molecule has 9 heteroatoms. The first-order valence-corrected chi connectivity index (χ1v) is 8.47. The van der Waals surface area contributed by atoms with Crippen molar-refractivity contribution in [2.75, 3.05) is 0 Å². The van der Waals surface area contributed by atoms with Crippen molar-refractivity contribution in [1.29, 1.82) is 0 Å². The number of fused-ring (bicyclic) bond motifs is 1. The molecule has 0 saturated heterocycles. The number of thiophene rings is 1. The molecule has 0 atom stereocenters. The Morgan fingerprint density at radius 1 is 1.36 bits per heavy atom. The number of rotatable bonds is 5. The Hall–Kier alpha value is -2.23. The minimum Gasteiger partial charge on any atom is -0.475 e. The quantitative estimate of drug-likeness (QED) is 0.737. The molecule has 0 aromatic carbocycles. The number of sulfonamides is 1. The lowest BCUT2D eigenvalue weighted by Crippen LogP contribution is -2.23. The van der Waals surface area contributed by atoms with E-state index < -0.39 is 16.0 Å². The predicted molar refractivity (Wildman–Crippen MR) is 79.3 cm³/mol. The van der Waals surface area contributed by atoms with Crippen LogP contribution in [0.4, 0.5) is 0 Å². The fourth-order valence-corrected chi connectivity index (χ4v) is 3.63. The number of aromatic carboxylic acids is 1. The molecule has 0 aliphatic rings. The zero-order chi connectivity index (χ0) is 15.7. The summed E-state index contributed by atoms with van der Waals surface area (Å²) in [5.41, 5.74) is 0.737. The van der Waals surface area contributed by atoms with Crippen molar-refractivity contribution in [1.82, 2.24) is 9.71 Å². The second-order valence-corrected chi connectivity index (χ2v) is 7.09. The van der Waals surface area contributed by atoms with Crippen molar-refractivity contribution >= 4 is 37.5 Å². The highest BCUT2D eigenvalue weighted by atomic mass is 32.2. The van der Waals surface area contributed by atoms with E-state index in [9.17, 15) is 13.2 Å². The lowest BCUT2D eigenvalue weighted by Gasteiger charge is -2.05. The molecule has 3 rings (SSSR count). The van der Waals surface area contributed by atoms with Gasteiger partial charge in [0.2, 0.25) is 15.8 Å². The predicted octanol–water partition coefficient (Wildman–Crippen LogP) is 2.07. The first-order chi connectivity index (χ1) is 10.5. The molecule has 0 unspecified atom stereocenters. The maximum atomic E-state index is 12.2. The third kappa shape index (κ3) is 2.86. The van der Waals surface area contributed by atoms with Crippen LogP contribution >= 0.6 is 11.3 Å². The Morgan fingerprint density at radius 3 is 2.91 bits per heavy atom. The Morgan fingerprint density at radius 2 is 2.18 bits per heavy atom. The molecular weight excluding hydrogens is 328 g/mol. The average Bonchev–Trinajstić information content (AvgIpc) is 3.13. The standard InChI is InChI=1S/C13H10N2O5S2/c16-13(17)11-2-1-8(20-11)6-15-22(18,19)9-5-12-10(14-7-9)3-4-21-12/h1-5,7,15H,6H2,(H,16,17). The normalized spacial score (nSPS) is 11.8. The molecule has 2 N–H and O–H groups in total. The van der Waals surface area contributed by atoms with Crippen molar-refractivity contribution < 1.29 is 22.7 Å². The summed E-state index contributed by atoms with van der Waals surface area (Å²) in [5, 5.41) is 10.6. The van der Waals surface area contributed by atoms with Gasteiger partial charge in [-0.15, -0.1) is 11.3 Å². The van der Waals surface area contributed by atoms with Gasteiger partial charge in [-0.1, -0.05) is 0 Å². The highest BCUT2D eigenvalue weighted by Crippen LogP contribution is 2.21. The van der Waals surface area contributed by atoms with Crippen LogP contribution in [0, 0.1) is 0 Å². The van der Waals surface area contributed by atoms with Gasteiger partial charge in [0.1, 0.15) is 10.7 Å². The number of hydrogen-bond acceptors (Lipinski definition) is 6. The molecule has 3 aromatic heterocycles. The maximum Gasteiger partial charge on any atom is 0.371 e. The van der Waals surface area contributed by atoms with Crippen LogP contribution in [-0.4, -0.2) is 24.5 Å². The summed E-state index contributed by atoms with van der Waals surface area (Å²) < 4.78 is 32.5. The van der Waals surface area contributed by atoms with Crippen LogP contribution in [0.2, 0.25) is 0 Å². The van der Waals surface area contributed by atoms with Gasteiger partial charge >= 0.3 is 5.97 Å². The van der Waals surface area contributed by atoms with Gasteiger partial charge in [-0.05, 0) is 29.6 Å². The Balaban J connectivity index is 1.78. The summed E-state index contributed by atoms with van der Waals surface area (Å²) >= 11 is 1.40. The van der Waals surface area contributed by atoms with Crippen LogP contribution in [0.5, 0.6) is 0 Å². The number of hydrogen-bond donors (Lipinski definition) is 2. The minimum atomic E-state index is -3.75. The molecule has 0 bridgehead atoms. The van der Waals surface area contributed by atoms with Crippen molar-refractivity contribution in [3.8, 4) is 0 Å². The number of pyridine rings is 1. The molecule has 0 aliphatic heterocycles. The van der Waals surface area contributed by atoms with Crippen molar-refractivity contribution in [3.05, 3.63) is 47.4 Å². The summed E-state index contributed by atoms with van der Waals surface area (Å²) in [5.74, 6) is -1.23. The smallest absolute Gasteiger partial charge is 0.371 e. The van der Waals surface area contributed by atoms with Crippen LogP contribution in [0.25, 0.3) is 10.2 Å². The van der Waals surface area contributed by atoms with Gasteiger partial charge in [0, 0.05) is 6.20 Å². The number of nitrogens with zero attached hydrogens (tertiary/aromatic N) is 1. The van der Waals surface area contributed by atoms with Gasteiger partial charge in [-0.2, -0.15) is 0 Å².